The van der Waals surface area contributed by atoms with Crippen LogP contribution in [0.1, 0.15) is 30.1 Å². The van der Waals surface area contributed by atoms with E-state index in [4.69, 9.17) is 10.8 Å². The standard InChI is InChI=1S/C11H16N4O2/c12-11-8(5-10(16)17)15-9(6-14-11)7-1-3-13-4-2-7/h6-7,13H,1-5H2,(H2,12,14)(H,16,17). The summed E-state index contributed by atoms with van der Waals surface area (Å²) in [6, 6.07) is 0. The topological polar surface area (TPSA) is 101 Å². The largest absolute Gasteiger partial charge is 0.481 e. The van der Waals surface area contributed by atoms with Crippen LogP contribution in [0.5, 0.6) is 0 Å². The van der Waals surface area contributed by atoms with E-state index in [-0.39, 0.29) is 12.2 Å². The Kier molecular flexibility index (Phi) is 3.53. The Labute approximate surface area is 99.3 Å². The first-order valence-electron chi connectivity index (χ1n) is 5.70. The number of nitrogens with one attached hydrogen (secondary N) is 1. The summed E-state index contributed by atoms with van der Waals surface area (Å²) in [7, 11) is 0. The second-order valence-electron chi connectivity index (χ2n) is 4.22. The fourth-order valence-electron chi connectivity index (χ4n) is 2.04. The number of carboxylic acids is 1. The molecule has 0 bridgehead atoms. The summed E-state index contributed by atoms with van der Waals surface area (Å²) in [5.74, 6) is -0.365. The van der Waals surface area contributed by atoms with E-state index in [1.807, 2.05) is 0 Å². The van der Waals surface area contributed by atoms with E-state index in [2.05, 4.69) is 15.3 Å². The Morgan fingerprint density at radius 3 is 2.88 bits per heavy atom. The quantitative estimate of drug-likeness (QED) is 0.690. The van der Waals surface area contributed by atoms with Gasteiger partial charge in [0.25, 0.3) is 0 Å². The first kappa shape index (κ1) is 11.8. The molecule has 0 unspecified atom stereocenters. The normalized spacial score (nSPS) is 16.9. The molecule has 92 valence electrons. The van der Waals surface area contributed by atoms with Crippen LogP contribution in [0.4, 0.5) is 5.82 Å². The van der Waals surface area contributed by atoms with Gasteiger partial charge in [-0.3, -0.25) is 9.78 Å². The summed E-state index contributed by atoms with van der Waals surface area (Å²) in [6.45, 7) is 1.93. The predicted octanol–water partition coefficient (Wildman–Crippen LogP) is 0.153. The van der Waals surface area contributed by atoms with Crippen LogP contribution in [-0.4, -0.2) is 34.1 Å². The maximum atomic E-state index is 10.7. The van der Waals surface area contributed by atoms with E-state index in [0.717, 1.165) is 31.6 Å². The maximum Gasteiger partial charge on any atom is 0.309 e. The van der Waals surface area contributed by atoms with Gasteiger partial charge in [0.1, 0.15) is 5.82 Å². The average molecular weight is 236 g/mol. The van der Waals surface area contributed by atoms with E-state index in [1.54, 1.807) is 6.20 Å². The SMILES string of the molecule is Nc1ncc(C2CCNCC2)nc1CC(=O)O. The highest BCUT2D eigenvalue weighted by Crippen LogP contribution is 2.24. The van der Waals surface area contributed by atoms with E-state index in [9.17, 15) is 4.79 Å². The molecular formula is C11H16N4O2. The molecule has 1 aromatic heterocycles. The highest BCUT2D eigenvalue weighted by Gasteiger charge is 2.18. The van der Waals surface area contributed by atoms with Gasteiger partial charge in [-0.05, 0) is 25.9 Å². The summed E-state index contributed by atoms with van der Waals surface area (Å²) in [6.07, 6.45) is 3.50. The smallest absolute Gasteiger partial charge is 0.309 e. The van der Waals surface area contributed by atoms with Gasteiger partial charge in [-0.1, -0.05) is 0 Å². The van der Waals surface area contributed by atoms with Gasteiger partial charge in [-0.2, -0.15) is 0 Å². The highest BCUT2D eigenvalue weighted by atomic mass is 16.4. The van der Waals surface area contributed by atoms with Crippen LogP contribution in [-0.2, 0) is 11.2 Å². The summed E-state index contributed by atoms with van der Waals surface area (Å²) >= 11 is 0. The van der Waals surface area contributed by atoms with E-state index < -0.39 is 5.97 Å². The lowest BCUT2D eigenvalue weighted by Crippen LogP contribution is -2.27. The molecule has 1 aromatic rings. The Morgan fingerprint density at radius 1 is 1.53 bits per heavy atom. The van der Waals surface area contributed by atoms with Crippen LogP contribution in [0.15, 0.2) is 6.20 Å². The molecule has 1 fully saturated rings. The molecule has 6 nitrogen and oxygen atoms in total. The van der Waals surface area contributed by atoms with Crippen LogP contribution in [0, 0.1) is 0 Å². The number of aliphatic carboxylic acids is 1. The number of piperidine rings is 1. The van der Waals surface area contributed by atoms with Gasteiger partial charge in [0.05, 0.1) is 24.0 Å². The molecule has 2 heterocycles. The highest BCUT2D eigenvalue weighted by molar-refractivity contribution is 5.71. The van der Waals surface area contributed by atoms with Crippen LogP contribution < -0.4 is 11.1 Å². The third-order valence-corrected chi connectivity index (χ3v) is 2.97. The van der Waals surface area contributed by atoms with Gasteiger partial charge in [-0.25, -0.2) is 4.98 Å². The van der Waals surface area contributed by atoms with Crippen molar-refractivity contribution in [2.75, 3.05) is 18.8 Å². The van der Waals surface area contributed by atoms with E-state index in [1.165, 1.54) is 0 Å². The monoisotopic (exact) mass is 236 g/mol. The molecule has 0 radical (unpaired) electrons. The number of carbonyl (C=O) groups is 1. The molecule has 1 aliphatic heterocycles. The second kappa shape index (κ2) is 5.09. The van der Waals surface area contributed by atoms with Gasteiger partial charge in [-0.15, -0.1) is 0 Å². The number of nitrogen functional groups attached to an aromatic ring is 1. The van der Waals surface area contributed by atoms with Crippen molar-refractivity contribution in [2.45, 2.75) is 25.2 Å². The number of anilines is 1. The molecule has 17 heavy (non-hydrogen) atoms. The molecule has 0 atom stereocenters. The third kappa shape index (κ3) is 2.91. The second-order valence-corrected chi connectivity index (χ2v) is 4.22. The van der Waals surface area contributed by atoms with Crippen LogP contribution >= 0.6 is 0 Å². The summed E-state index contributed by atoms with van der Waals surface area (Å²) in [5.41, 5.74) is 6.85. The van der Waals surface area contributed by atoms with Crippen molar-refractivity contribution in [3.63, 3.8) is 0 Å². The fraction of sp³-hybridized carbons (Fsp3) is 0.545. The van der Waals surface area contributed by atoms with Crippen molar-refractivity contribution in [3.8, 4) is 0 Å². The van der Waals surface area contributed by atoms with Crippen LogP contribution in [0.3, 0.4) is 0 Å². The Morgan fingerprint density at radius 2 is 2.24 bits per heavy atom. The Bertz CT molecular complexity index is 416. The number of rotatable bonds is 3. The van der Waals surface area contributed by atoms with E-state index in [0.29, 0.717) is 11.6 Å². The Hall–Kier alpha value is -1.69. The Balaban J connectivity index is 2.20. The molecule has 2 rings (SSSR count). The van der Waals surface area contributed by atoms with Crippen molar-refractivity contribution in [3.05, 3.63) is 17.6 Å². The van der Waals surface area contributed by atoms with Crippen molar-refractivity contribution < 1.29 is 9.90 Å². The molecule has 0 aliphatic carbocycles. The number of hydrogen-bond donors (Lipinski definition) is 3. The number of carboxylic acid groups (broad SMARTS) is 1. The van der Waals surface area contributed by atoms with Gasteiger partial charge >= 0.3 is 5.97 Å². The van der Waals surface area contributed by atoms with Crippen molar-refractivity contribution in [1.29, 1.82) is 0 Å². The number of hydrogen-bond acceptors (Lipinski definition) is 5. The number of nitrogens with zero attached hydrogens (tertiary/aromatic N) is 2. The predicted molar refractivity (Wildman–Crippen MR) is 62.6 cm³/mol. The molecule has 0 aromatic carbocycles. The molecule has 1 aliphatic rings. The van der Waals surface area contributed by atoms with E-state index >= 15 is 0 Å². The van der Waals surface area contributed by atoms with Crippen molar-refractivity contribution in [2.24, 2.45) is 0 Å². The lowest BCUT2D eigenvalue weighted by molar-refractivity contribution is -0.136. The zero-order chi connectivity index (χ0) is 12.3. The number of nitrogens with two attached hydrogens (primary N) is 1. The zero-order valence-electron chi connectivity index (χ0n) is 9.52. The van der Waals surface area contributed by atoms with Crippen LogP contribution in [0.25, 0.3) is 0 Å². The average Bonchev–Trinajstić information content (AvgIpc) is 2.32. The number of aromatic nitrogens is 2. The first-order chi connectivity index (χ1) is 8.16. The summed E-state index contributed by atoms with van der Waals surface area (Å²) < 4.78 is 0. The van der Waals surface area contributed by atoms with Crippen LogP contribution in [0.2, 0.25) is 0 Å². The first-order valence-corrected chi connectivity index (χ1v) is 5.70. The molecule has 0 amide bonds. The van der Waals surface area contributed by atoms with Gasteiger partial charge < -0.3 is 16.2 Å². The molecule has 0 saturated carbocycles. The third-order valence-electron chi connectivity index (χ3n) is 2.97. The maximum absolute atomic E-state index is 10.7. The minimum atomic E-state index is -0.937. The zero-order valence-corrected chi connectivity index (χ0v) is 9.52. The molecule has 4 N–H and O–H groups in total. The lowest BCUT2D eigenvalue weighted by atomic mass is 9.95. The van der Waals surface area contributed by atoms with Gasteiger partial charge in [0.15, 0.2) is 0 Å². The summed E-state index contributed by atoms with van der Waals surface area (Å²) in [5, 5.41) is 12.0. The molecular weight excluding hydrogens is 220 g/mol. The van der Waals surface area contributed by atoms with Crippen molar-refractivity contribution in [1.82, 2.24) is 15.3 Å². The molecule has 0 spiro atoms. The minimum absolute atomic E-state index is 0.169. The van der Waals surface area contributed by atoms with Gasteiger partial charge in [0, 0.05) is 5.92 Å². The molecule has 6 heteroatoms. The van der Waals surface area contributed by atoms with Gasteiger partial charge in [0.2, 0.25) is 0 Å². The lowest BCUT2D eigenvalue weighted by Gasteiger charge is -2.22. The fourth-order valence-corrected chi connectivity index (χ4v) is 2.04. The molecule has 1 saturated heterocycles. The summed E-state index contributed by atoms with van der Waals surface area (Å²) in [4.78, 5) is 19.1. The van der Waals surface area contributed by atoms with Crippen molar-refractivity contribution >= 4 is 11.8 Å². The minimum Gasteiger partial charge on any atom is -0.481 e.